The standard InChI is InChI=1S/C21H26F2N2O/c22-19-10-6-11-20(23)18(19)9-4-5-12-21(26)25-15-13-24(14-16-25)17-7-2-1-3-8-17/h4-6,9-12,17H,1-3,7-8,13-16H2/b9-4+,12-5+. The molecule has 1 amide bonds. The molecular weight excluding hydrogens is 334 g/mol. The Kier molecular flexibility index (Phi) is 6.56. The van der Waals surface area contributed by atoms with Crippen LogP contribution in [0.3, 0.4) is 0 Å². The van der Waals surface area contributed by atoms with E-state index in [0.717, 1.165) is 26.2 Å². The van der Waals surface area contributed by atoms with Crippen LogP contribution in [0, 0.1) is 11.6 Å². The maximum atomic E-state index is 13.5. The van der Waals surface area contributed by atoms with Crippen LogP contribution in [0.5, 0.6) is 0 Å². The topological polar surface area (TPSA) is 23.6 Å². The number of amides is 1. The third-order valence-electron chi connectivity index (χ3n) is 5.33. The van der Waals surface area contributed by atoms with Crippen LogP contribution in [-0.2, 0) is 4.79 Å². The van der Waals surface area contributed by atoms with Gasteiger partial charge in [0.25, 0.3) is 0 Å². The maximum Gasteiger partial charge on any atom is 0.246 e. The lowest BCUT2D eigenvalue weighted by atomic mass is 9.94. The number of benzene rings is 1. The quantitative estimate of drug-likeness (QED) is 0.598. The summed E-state index contributed by atoms with van der Waals surface area (Å²) in [5, 5.41) is 0. The van der Waals surface area contributed by atoms with Crippen molar-refractivity contribution in [3.05, 3.63) is 53.6 Å². The first-order valence-corrected chi connectivity index (χ1v) is 9.47. The van der Waals surface area contributed by atoms with E-state index >= 15 is 0 Å². The third-order valence-corrected chi connectivity index (χ3v) is 5.33. The van der Waals surface area contributed by atoms with Crippen LogP contribution < -0.4 is 0 Å². The fourth-order valence-corrected chi connectivity index (χ4v) is 3.82. The van der Waals surface area contributed by atoms with E-state index < -0.39 is 11.6 Å². The Hall–Kier alpha value is -2.01. The van der Waals surface area contributed by atoms with Crippen LogP contribution in [-0.4, -0.2) is 47.9 Å². The van der Waals surface area contributed by atoms with E-state index in [1.807, 2.05) is 4.90 Å². The Bertz CT molecular complexity index is 652. The molecule has 1 heterocycles. The number of piperazine rings is 1. The van der Waals surface area contributed by atoms with E-state index in [4.69, 9.17) is 0 Å². The normalized spacial score (nSPS) is 20.3. The molecule has 3 nitrogen and oxygen atoms in total. The van der Waals surface area contributed by atoms with Gasteiger partial charge >= 0.3 is 0 Å². The zero-order chi connectivity index (χ0) is 18.4. The molecule has 0 atom stereocenters. The fourth-order valence-electron chi connectivity index (χ4n) is 3.82. The number of carbonyl (C=O) groups is 1. The van der Waals surface area contributed by atoms with Gasteiger partial charge < -0.3 is 4.90 Å². The van der Waals surface area contributed by atoms with Gasteiger partial charge in [-0.3, -0.25) is 9.69 Å². The number of nitrogens with zero attached hydrogens (tertiary/aromatic N) is 2. The molecule has 140 valence electrons. The molecule has 0 aromatic heterocycles. The monoisotopic (exact) mass is 360 g/mol. The summed E-state index contributed by atoms with van der Waals surface area (Å²) in [6, 6.07) is 4.44. The number of hydrogen-bond acceptors (Lipinski definition) is 2. The second kappa shape index (κ2) is 9.08. The summed E-state index contributed by atoms with van der Waals surface area (Å²) in [4.78, 5) is 16.6. The molecule has 0 spiro atoms. The van der Waals surface area contributed by atoms with Crippen LogP contribution in [0.4, 0.5) is 8.78 Å². The van der Waals surface area contributed by atoms with Gasteiger partial charge in [0.1, 0.15) is 11.6 Å². The summed E-state index contributed by atoms with van der Waals surface area (Å²) in [5.41, 5.74) is -0.0919. The Balaban J connectivity index is 1.48. The van der Waals surface area contributed by atoms with E-state index in [2.05, 4.69) is 4.90 Å². The van der Waals surface area contributed by atoms with Crippen molar-refractivity contribution >= 4 is 12.0 Å². The highest BCUT2D eigenvalue weighted by molar-refractivity contribution is 5.88. The molecule has 0 unspecified atom stereocenters. The van der Waals surface area contributed by atoms with Crippen LogP contribution >= 0.6 is 0 Å². The van der Waals surface area contributed by atoms with Crippen molar-refractivity contribution in [1.29, 1.82) is 0 Å². The maximum absolute atomic E-state index is 13.5. The number of rotatable bonds is 4. The van der Waals surface area contributed by atoms with E-state index in [0.29, 0.717) is 6.04 Å². The van der Waals surface area contributed by atoms with Gasteiger partial charge in [0.2, 0.25) is 5.91 Å². The highest BCUT2D eigenvalue weighted by Crippen LogP contribution is 2.23. The predicted molar refractivity (Wildman–Crippen MR) is 99.6 cm³/mol. The van der Waals surface area contributed by atoms with Gasteiger partial charge in [-0.1, -0.05) is 37.5 Å². The van der Waals surface area contributed by atoms with Crippen molar-refractivity contribution < 1.29 is 13.6 Å². The van der Waals surface area contributed by atoms with Gasteiger partial charge in [-0.15, -0.1) is 0 Å². The lowest BCUT2D eigenvalue weighted by Crippen LogP contribution is -2.52. The average Bonchev–Trinajstić information content (AvgIpc) is 2.68. The molecule has 1 aromatic rings. The van der Waals surface area contributed by atoms with Crippen molar-refractivity contribution in [2.24, 2.45) is 0 Å². The molecular formula is C21H26F2N2O. The summed E-state index contributed by atoms with van der Waals surface area (Å²) < 4.78 is 27.0. The second-order valence-electron chi connectivity index (χ2n) is 7.01. The van der Waals surface area contributed by atoms with Crippen molar-refractivity contribution in [1.82, 2.24) is 9.80 Å². The van der Waals surface area contributed by atoms with Crippen LogP contribution in [0.2, 0.25) is 0 Å². The number of halogens is 2. The molecule has 1 saturated heterocycles. The average molecular weight is 360 g/mol. The first-order valence-electron chi connectivity index (χ1n) is 9.47. The summed E-state index contributed by atoms with van der Waals surface area (Å²) in [6.07, 6.45) is 12.4. The highest BCUT2D eigenvalue weighted by atomic mass is 19.1. The van der Waals surface area contributed by atoms with Gasteiger partial charge in [-0.2, -0.15) is 0 Å². The van der Waals surface area contributed by atoms with E-state index in [1.54, 1.807) is 6.08 Å². The van der Waals surface area contributed by atoms with E-state index in [9.17, 15) is 13.6 Å². The SMILES string of the molecule is O=C(/C=C/C=C/c1c(F)cccc1F)N1CCN(C2CCCCC2)CC1. The van der Waals surface area contributed by atoms with Gasteiger partial charge in [0, 0.05) is 43.9 Å². The van der Waals surface area contributed by atoms with Gasteiger partial charge in [-0.25, -0.2) is 8.78 Å². The molecule has 1 saturated carbocycles. The van der Waals surface area contributed by atoms with Crippen molar-refractivity contribution in [3.63, 3.8) is 0 Å². The van der Waals surface area contributed by atoms with Crippen molar-refractivity contribution in [2.75, 3.05) is 26.2 Å². The summed E-state index contributed by atoms with van der Waals surface area (Å²) in [7, 11) is 0. The minimum absolute atomic E-state index is 0.0491. The number of hydrogen-bond donors (Lipinski definition) is 0. The molecule has 2 fully saturated rings. The van der Waals surface area contributed by atoms with E-state index in [-0.39, 0.29) is 11.5 Å². The molecule has 3 rings (SSSR count). The van der Waals surface area contributed by atoms with Crippen LogP contribution in [0.25, 0.3) is 6.08 Å². The molecule has 2 aliphatic rings. The molecule has 0 bridgehead atoms. The lowest BCUT2D eigenvalue weighted by molar-refractivity contribution is -0.128. The Morgan fingerprint density at radius 2 is 1.62 bits per heavy atom. The predicted octanol–water partition coefficient (Wildman–Crippen LogP) is 4.01. The third kappa shape index (κ3) is 4.79. The van der Waals surface area contributed by atoms with Crippen LogP contribution in [0.15, 0.2) is 36.4 Å². The van der Waals surface area contributed by atoms with E-state index in [1.165, 1.54) is 68.5 Å². The molecule has 0 N–H and O–H groups in total. The molecule has 1 aromatic carbocycles. The Morgan fingerprint density at radius 1 is 0.962 bits per heavy atom. The second-order valence-corrected chi connectivity index (χ2v) is 7.01. The largest absolute Gasteiger partial charge is 0.337 e. The van der Waals surface area contributed by atoms with Crippen LogP contribution in [0.1, 0.15) is 37.7 Å². The number of carbonyl (C=O) groups excluding carboxylic acids is 1. The Morgan fingerprint density at radius 3 is 2.27 bits per heavy atom. The summed E-state index contributed by atoms with van der Waals surface area (Å²) in [5.74, 6) is -1.27. The highest BCUT2D eigenvalue weighted by Gasteiger charge is 2.26. The molecule has 5 heteroatoms. The lowest BCUT2D eigenvalue weighted by Gasteiger charge is -2.40. The van der Waals surface area contributed by atoms with Gasteiger partial charge in [0.15, 0.2) is 0 Å². The fraction of sp³-hybridized carbons (Fsp3) is 0.476. The summed E-state index contributed by atoms with van der Waals surface area (Å²) in [6.45, 7) is 3.34. The van der Waals surface area contributed by atoms with Gasteiger partial charge in [-0.05, 0) is 31.1 Å². The molecule has 26 heavy (non-hydrogen) atoms. The minimum atomic E-state index is -0.611. The first kappa shape index (κ1) is 18.8. The smallest absolute Gasteiger partial charge is 0.246 e. The van der Waals surface area contributed by atoms with Gasteiger partial charge in [0.05, 0.1) is 0 Å². The van der Waals surface area contributed by atoms with Crippen molar-refractivity contribution in [2.45, 2.75) is 38.1 Å². The molecule has 0 radical (unpaired) electrons. The summed E-state index contributed by atoms with van der Waals surface area (Å²) >= 11 is 0. The number of allylic oxidation sites excluding steroid dienone is 2. The van der Waals surface area contributed by atoms with Crippen molar-refractivity contribution in [3.8, 4) is 0 Å². The minimum Gasteiger partial charge on any atom is -0.337 e. The Labute approximate surface area is 154 Å². The zero-order valence-electron chi connectivity index (χ0n) is 15.0. The zero-order valence-corrected chi connectivity index (χ0v) is 15.0. The molecule has 1 aliphatic carbocycles. The molecule has 1 aliphatic heterocycles. The first-order chi connectivity index (χ1) is 12.6.